The van der Waals surface area contributed by atoms with Gasteiger partial charge in [0.25, 0.3) is 0 Å². The van der Waals surface area contributed by atoms with E-state index in [0.29, 0.717) is 21.8 Å². The highest BCUT2D eigenvalue weighted by atomic mass is 32.2. The first-order valence-electron chi connectivity index (χ1n) is 6.11. The maximum atomic E-state index is 14.2. The summed E-state index contributed by atoms with van der Waals surface area (Å²) in [5, 5.41) is 3.14. The van der Waals surface area contributed by atoms with Gasteiger partial charge in [-0.05, 0) is 24.5 Å². The van der Waals surface area contributed by atoms with Crippen LogP contribution in [0.2, 0.25) is 0 Å². The number of nitrogens with zero attached hydrogens (tertiary/aromatic N) is 4. The van der Waals surface area contributed by atoms with Gasteiger partial charge in [0.05, 0.1) is 5.69 Å². The number of hydrogen-bond acceptors (Lipinski definition) is 6. The molecular formula is C14H11FN4S2. The van der Waals surface area contributed by atoms with Crippen LogP contribution in [-0.4, -0.2) is 21.2 Å². The van der Waals surface area contributed by atoms with E-state index in [9.17, 15) is 4.39 Å². The third-order valence-corrected chi connectivity index (χ3v) is 4.05. The second-order valence-electron chi connectivity index (χ2n) is 4.00. The normalized spacial score (nSPS) is 10.6. The molecule has 3 rings (SSSR count). The minimum Gasteiger partial charge on any atom is -0.267 e. The van der Waals surface area contributed by atoms with Crippen molar-refractivity contribution in [2.45, 2.75) is 5.16 Å². The van der Waals surface area contributed by atoms with E-state index in [1.54, 1.807) is 41.6 Å². The topological polar surface area (TPSA) is 41.9 Å². The number of thioether (sulfide) groups is 1. The molecule has 0 fully saturated rings. The van der Waals surface area contributed by atoms with Gasteiger partial charge in [-0.3, -0.25) is 4.90 Å². The Kier molecular flexibility index (Phi) is 4.12. The van der Waals surface area contributed by atoms with Gasteiger partial charge in [0, 0.05) is 17.8 Å². The van der Waals surface area contributed by atoms with Crippen molar-refractivity contribution < 1.29 is 4.39 Å². The van der Waals surface area contributed by atoms with Crippen LogP contribution in [0.1, 0.15) is 0 Å². The molecule has 0 amide bonds. The average molecular weight is 318 g/mol. The molecule has 0 saturated carbocycles. The van der Waals surface area contributed by atoms with Gasteiger partial charge in [-0.25, -0.2) is 19.3 Å². The maximum Gasteiger partial charge on any atom is 0.195 e. The number of para-hydroxylation sites is 1. The van der Waals surface area contributed by atoms with Gasteiger partial charge >= 0.3 is 0 Å². The number of aromatic nitrogens is 3. The molecule has 7 heteroatoms. The Morgan fingerprint density at radius 3 is 2.71 bits per heavy atom. The Bertz CT molecular complexity index is 733. The Hall–Kier alpha value is -1.99. The van der Waals surface area contributed by atoms with E-state index in [4.69, 9.17) is 0 Å². The van der Waals surface area contributed by atoms with Gasteiger partial charge < -0.3 is 0 Å². The zero-order chi connectivity index (χ0) is 14.7. The van der Waals surface area contributed by atoms with Gasteiger partial charge in [0.15, 0.2) is 10.3 Å². The fraction of sp³-hybridized carbons (Fsp3) is 0.0714. The highest BCUT2D eigenvalue weighted by Gasteiger charge is 2.19. The first kappa shape index (κ1) is 14.0. The summed E-state index contributed by atoms with van der Waals surface area (Å²) in [5.41, 5.74) is 0.415. The first-order valence-corrected chi connectivity index (χ1v) is 8.21. The first-order chi connectivity index (χ1) is 10.3. The van der Waals surface area contributed by atoms with Crippen LogP contribution in [0.4, 0.5) is 21.0 Å². The minimum absolute atomic E-state index is 0.322. The predicted octanol–water partition coefficient (Wildman–Crippen LogP) is 4.26. The summed E-state index contributed by atoms with van der Waals surface area (Å²) in [7, 11) is 0. The lowest BCUT2D eigenvalue weighted by molar-refractivity contribution is 0.628. The van der Waals surface area contributed by atoms with E-state index < -0.39 is 0 Å². The van der Waals surface area contributed by atoms with E-state index in [1.165, 1.54) is 29.2 Å². The second kappa shape index (κ2) is 6.19. The van der Waals surface area contributed by atoms with Gasteiger partial charge in [-0.1, -0.05) is 23.9 Å². The molecule has 0 unspecified atom stereocenters. The van der Waals surface area contributed by atoms with Crippen LogP contribution in [0.15, 0.2) is 53.3 Å². The molecule has 21 heavy (non-hydrogen) atoms. The van der Waals surface area contributed by atoms with Crippen molar-refractivity contribution in [3.8, 4) is 0 Å². The van der Waals surface area contributed by atoms with Crippen LogP contribution in [0, 0.1) is 5.82 Å². The molecule has 3 aromatic rings. The van der Waals surface area contributed by atoms with Crippen molar-refractivity contribution in [2.24, 2.45) is 0 Å². The molecule has 4 nitrogen and oxygen atoms in total. The van der Waals surface area contributed by atoms with Crippen molar-refractivity contribution in [1.29, 1.82) is 0 Å². The smallest absolute Gasteiger partial charge is 0.195 e. The Balaban J connectivity index is 2.15. The lowest BCUT2D eigenvalue weighted by Gasteiger charge is -2.21. The predicted molar refractivity (Wildman–Crippen MR) is 84.1 cm³/mol. The van der Waals surface area contributed by atoms with Crippen LogP contribution in [0.5, 0.6) is 0 Å². The van der Waals surface area contributed by atoms with Crippen molar-refractivity contribution in [3.05, 3.63) is 53.9 Å². The van der Waals surface area contributed by atoms with E-state index in [0.717, 1.165) is 0 Å². The molecule has 0 radical (unpaired) electrons. The van der Waals surface area contributed by atoms with E-state index in [-0.39, 0.29) is 5.82 Å². The Labute approximate surface area is 129 Å². The summed E-state index contributed by atoms with van der Waals surface area (Å²) in [5.74, 6) is 0.270. The second-order valence-corrected chi connectivity index (χ2v) is 5.65. The van der Waals surface area contributed by atoms with Crippen molar-refractivity contribution in [3.63, 3.8) is 0 Å². The minimum atomic E-state index is -0.322. The molecule has 0 spiro atoms. The number of halogens is 1. The highest BCUT2D eigenvalue weighted by molar-refractivity contribution is 7.98. The Morgan fingerprint density at radius 2 is 2.00 bits per heavy atom. The molecule has 106 valence electrons. The maximum absolute atomic E-state index is 14.2. The Morgan fingerprint density at radius 1 is 1.14 bits per heavy atom. The summed E-state index contributed by atoms with van der Waals surface area (Å²) in [6.45, 7) is 0. The standard InChI is InChI=1S/C14H11FN4S2/c1-20-13-16-7-6-12(18-13)19(14-17-8-9-21-14)11-5-3-2-4-10(11)15/h2-9H,1H3. The van der Waals surface area contributed by atoms with Crippen LogP contribution in [0.25, 0.3) is 0 Å². The third-order valence-electron chi connectivity index (χ3n) is 2.73. The molecule has 0 aliphatic rings. The van der Waals surface area contributed by atoms with Crippen molar-refractivity contribution in [2.75, 3.05) is 11.2 Å². The highest BCUT2D eigenvalue weighted by Crippen LogP contribution is 2.35. The molecule has 0 bridgehead atoms. The molecule has 0 saturated heterocycles. The number of benzene rings is 1. The van der Waals surface area contributed by atoms with E-state index >= 15 is 0 Å². The van der Waals surface area contributed by atoms with Crippen molar-refractivity contribution in [1.82, 2.24) is 15.0 Å². The van der Waals surface area contributed by atoms with Gasteiger partial charge in [-0.2, -0.15) is 0 Å². The van der Waals surface area contributed by atoms with E-state index in [1.807, 2.05) is 11.6 Å². The SMILES string of the molecule is CSc1nccc(N(c2nccs2)c2ccccc2F)n1. The number of thiazole rings is 1. The van der Waals surface area contributed by atoms with Crippen LogP contribution in [-0.2, 0) is 0 Å². The molecule has 1 aromatic carbocycles. The summed E-state index contributed by atoms with van der Waals surface area (Å²) < 4.78 is 14.2. The fourth-order valence-corrected chi connectivity index (χ4v) is 2.85. The third kappa shape index (κ3) is 2.88. The molecule has 0 N–H and O–H groups in total. The molecule has 0 atom stereocenters. The van der Waals surface area contributed by atoms with Gasteiger partial charge in [-0.15, -0.1) is 11.3 Å². The van der Waals surface area contributed by atoms with Crippen LogP contribution in [0.3, 0.4) is 0 Å². The monoisotopic (exact) mass is 318 g/mol. The average Bonchev–Trinajstić information content (AvgIpc) is 3.04. The summed E-state index contributed by atoms with van der Waals surface area (Å²) in [4.78, 5) is 14.6. The molecule has 0 aliphatic heterocycles. The summed E-state index contributed by atoms with van der Waals surface area (Å²) in [6.07, 6.45) is 5.25. The lowest BCUT2D eigenvalue weighted by atomic mass is 10.3. The van der Waals surface area contributed by atoms with Crippen LogP contribution < -0.4 is 4.90 Å². The number of rotatable bonds is 4. The number of hydrogen-bond donors (Lipinski definition) is 0. The summed E-state index contributed by atoms with van der Waals surface area (Å²) >= 11 is 2.86. The fourth-order valence-electron chi connectivity index (χ4n) is 1.84. The largest absolute Gasteiger partial charge is 0.267 e. The van der Waals surface area contributed by atoms with Gasteiger partial charge in [0.2, 0.25) is 0 Å². The molecule has 2 aromatic heterocycles. The molecule has 2 heterocycles. The van der Waals surface area contributed by atoms with E-state index in [2.05, 4.69) is 15.0 Å². The zero-order valence-corrected chi connectivity index (χ0v) is 12.7. The zero-order valence-electron chi connectivity index (χ0n) is 11.1. The van der Waals surface area contributed by atoms with Gasteiger partial charge in [0.1, 0.15) is 11.6 Å². The quantitative estimate of drug-likeness (QED) is 0.531. The summed E-state index contributed by atoms with van der Waals surface area (Å²) in [6, 6.07) is 8.32. The molecular weight excluding hydrogens is 307 g/mol. The van der Waals surface area contributed by atoms with Crippen molar-refractivity contribution >= 4 is 39.7 Å². The van der Waals surface area contributed by atoms with Crippen LogP contribution >= 0.6 is 23.1 Å². The molecule has 0 aliphatic carbocycles. The lowest BCUT2D eigenvalue weighted by Crippen LogP contribution is -2.13. The number of anilines is 3.